The molecule has 31 heavy (non-hydrogen) atoms. The van der Waals surface area contributed by atoms with Gasteiger partial charge >= 0.3 is 6.18 Å². The maximum atomic E-state index is 12.8. The number of rotatable bonds is 4. The van der Waals surface area contributed by atoms with Crippen molar-refractivity contribution in [2.75, 3.05) is 6.54 Å². The summed E-state index contributed by atoms with van der Waals surface area (Å²) in [4.78, 5) is 12.6. The highest BCUT2D eigenvalue weighted by molar-refractivity contribution is 5.96. The SMILES string of the molecule is Cc1ccc(Cn2nc(C)c(C(=O)NCC#Cc3cccc(C(F)(F)F)c3)c2C)cc1. The van der Waals surface area contributed by atoms with Crippen LogP contribution in [0, 0.1) is 32.6 Å². The van der Waals surface area contributed by atoms with Gasteiger partial charge in [0.05, 0.1) is 29.9 Å². The van der Waals surface area contributed by atoms with E-state index >= 15 is 0 Å². The first kappa shape index (κ1) is 22.2. The lowest BCUT2D eigenvalue weighted by atomic mass is 10.1. The number of carbonyl (C=O) groups is 1. The molecule has 1 aromatic heterocycles. The van der Waals surface area contributed by atoms with Crippen LogP contribution in [-0.2, 0) is 12.7 Å². The number of hydrogen-bond acceptors (Lipinski definition) is 2. The summed E-state index contributed by atoms with van der Waals surface area (Å²) in [6.07, 6.45) is -4.42. The number of aromatic nitrogens is 2. The van der Waals surface area contributed by atoms with Crippen LogP contribution in [0.1, 0.15) is 44.0 Å². The third kappa shape index (κ3) is 5.54. The minimum absolute atomic E-state index is 0.0110. The summed E-state index contributed by atoms with van der Waals surface area (Å²) in [5.41, 5.74) is 3.55. The van der Waals surface area contributed by atoms with Gasteiger partial charge in [0, 0.05) is 11.3 Å². The number of nitrogens with one attached hydrogen (secondary N) is 1. The van der Waals surface area contributed by atoms with E-state index in [4.69, 9.17) is 0 Å². The zero-order valence-corrected chi connectivity index (χ0v) is 17.5. The molecule has 0 radical (unpaired) electrons. The second-order valence-electron chi connectivity index (χ2n) is 7.25. The van der Waals surface area contributed by atoms with Gasteiger partial charge in [0.1, 0.15) is 0 Å². The third-order valence-electron chi connectivity index (χ3n) is 4.82. The fraction of sp³-hybridized carbons (Fsp3) is 0.250. The minimum atomic E-state index is -4.42. The smallest absolute Gasteiger partial charge is 0.341 e. The molecule has 0 aliphatic heterocycles. The molecule has 0 fully saturated rings. The van der Waals surface area contributed by atoms with Crippen LogP contribution in [0.5, 0.6) is 0 Å². The maximum absolute atomic E-state index is 12.8. The molecule has 7 heteroatoms. The Morgan fingerprint density at radius 1 is 1.10 bits per heavy atom. The molecular formula is C24H22F3N3O. The average molecular weight is 425 g/mol. The predicted octanol–water partition coefficient (Wildman–Crippen LogP) is 4.66. The van der Waals surface area contributed by atoms with E-state index in [1.54, 1.807) is 11.6 Å². The molecule has 3 aromatic rings. The molecule has 0 unspecified atom stereocenters. The third-order valence-corrected chi connectivity index (χ3v) is 4.82. The van der Waals surface area contributed by atoms with Gasteiger partial charge in [-0.25, -0.2) is 0 Å². The molecule has 4 nitrogen and oxygen atoms in total. The summed E-state index contributed by atoms with van der Waals surface area (Å²) in [6, 6.07) is 12.9. The number of halogens is 3. The number of benzene rings is 2. The Bertz CT molecular complexity index is 1150. The number of hydrogen-bond donors (Lipinski definition) is 1. The van der Waals surface area contributed by atoms with Crippen LogP contribution >= 0.6 is 0 Å². The van der Waals surface area contributed by atoms with Crippen molar-refractivity contribution in [2.45, 2.75) is 33.5 Å². The molecule has 1 N–H and O–H groups in total. The van der Waals surface area contributed by atoms with Crippen LogP contribution in [0.4, 0.5) is 13.2 Å². The Hall–Kier alpha value is -3.53. The van der Waals surface area contributed by atoms with E-state index in [-0.39, 0.29) is 18.0 Å². The lowest BCUT2D eigenvalue weighted by molar-refractivity contribution is -0.137. The first-order chi connectivity index (χ1) is 14.6. The second-order valence-corrected chi connectivity index (χ2v) is 7.25. The lowest BCUT2D eigenvalue weighted by Gasteiger charge is -2.06. The molecule has 1 amide bonds. The van der Waals surface area contributed by atoms with E-state index < -0.39 is 11.7 Å². The number of carbonyl (C=O) groups excluding carboxylic acids is 1. The van der Waals surface area contributed by atoms with E-state index in [1.165, 1.54) is 17.7 Å². The van der Waals surface area contributed by atoms with Gasteiger partial charge in [0.25, 0.3) is 5.91 Å². The Morgan fingerprint density at radius 3 is 2.48 bits per heavy atom. The summed E-state index contributed by atoms with van der Waals surface area (Å²) < 4.78 is 40.1. The van der Waals surface area contributed by atoms with Crippen LogP contribution < -0.4 is 5.32 Å². The summed E-state index contributed by atoms with van der Waals surface area (Å²) >= 11 is 0. The number of amides is 1. The monoisotopic (exact) mass is 425 g/mol. The maximum Gasteiger partial charge on any atom is 0.416 e. The summed E-state index contributed by atoms with van der Waals surface area (Å²) in [6.45, 7) is 6.18. The van der Waals surface area contributed by atoms with Gasteiger partial charge in [-0.1, -0.05) is 47.7 Å². The van der Waals surface area contributed by atoms with Crippen molar-refractivity contribution < 1.29 is 18.0 Å². The zero-order chi connectivity index (χ0) is 22.6. The largest absolute Gasteiger partial charge is 0.416 e. The molecule has 0 bridgehead atoms. The Kier molecular flexibility index (Phi) is 6.50. The quantitative estimate of drug-likeness (QED) is 0.619. The second kappa shape index (κ2) is 9.09. The van der Waals surface area contributed by atoms with Gasteiger partial charge in [0.2, 0.25) is 0 Å². The van der Waals surface area contributed by atoms with Crippen molar-refractivity contribution in [3.8, 4) is 11.8 Å². The Balaban J connectivity index is 1.66. The van der Waals surface area contributed by atoms with Crippen molar-refractivity contribution in [1.29, 1.82) is 0 Å². The first-order valence-corrected chi connectivity index (χ1v) is 9.69. The van der Waals surface area contributed by atoms with Gasteiger partial charge in [-0.05, 0) is 44.5 Å². The molecule has 0 atom stereocenters. The van der Waals surface area contributed by atoms with Crippen molar-refractivity contribution in [3.05, 3.63) is 87.7 Å². The molecular weight excluding hydrogens is 403 g/mol. The topological polar surface area (TPSA) is 46.9 Å². The minimum Gasteiger partial charge on any atom is -0.341 e. The van der Waals surface area contributed by atoms with Gasteiger partial charge < -0.3 is 5.32 Å². The van der Waals surface area contributed by atoms with Gasteiger partial charge in [-0.3, -0.25) is 9.48 Å². The summed E-state index contributed by atoms with van der Waals surface area (Å²) in [7, 11) is 0. The van der Waals surface area contributed by atoms with Gasteiger partial charge in [-0.2, -0.15) is 18.3 Å². The van der Waals surface area contributed by atoms with Crippen molar-refractivity contribution in [2.24, 2.45) is 0 Å². The number of alkyl halides is 3. The molecule has 160 valence electrons. The van der Waals surface area contributed by atoms with Crippen LogP contribution in [0.25, 0.3) is 0 Å². The molecule has 0 aliphatic rings. The first-order valence-electron chi connectivity index (χ1n) is 9.69. The number of aryl methyl sites for hydroxylation is 2. The number of nitrogens with zero attached hydrogens (tertiary/aromatic N) is 2. The highest BCUT2D eigenvalue weighted by Gasteiger charge is 2.30. The average Bonchev–Trinajstić information content (AvgIpc) is 2.99. The predicted molar refractivity (Wildman–Crippen MR) is 113 cm³/mol. The summed E-state index contributed by atoms with van der Waals surface area (Å²) in [5.74, 6) is 5.03. The molecule has 0 aliphatic carbocycles. The molecule has 2 aromatic carbocycles. The van der Waals surface area contributed by atoms with Crippen molar-refractivity contribution in [3.63, 3.8) is 0 Å². The fourth-order valence-electron chi connectivity index (χ4n) is 3.18. The molecule has 1 heterocycles. The fourth-order valence-corrected chi connectivity index (χ4v) is 3.18. The molecule has 3 rings (SSSR count). The van der Waals surface area contributed by atoms with E-state index in [1.807, 2.05) is 38.1 Å². The Labute approximate surface area is 179 Å². The van der Waals surface area contributed by atoms with E-state index in [0.717, 1.165) is 23.4 Å². The van der Waals surface area contributed by atoms with Crippen LogP contribution in [0.2, 0.25) is 0 Å². The van der Waals surface area contributed by atoms with Gasteiger partial charge in [0.15, 0.2) is 0 Å². The van der Waals surface area contributed by atoms with Crippen LogP contribution in [0.3, 0.4) is 0 Å². The van der Waals surface area contributed by atoms with Crippen LogP contribution in [0.15, 0.2) is 48.5 Å². The standard InChI is InChI=1S/C24H22F3N3O/c1-16-9-11-20(12-10-16)15-30-18(3)22(17(2)29-30)23(31)28-13-5-7-19-6-4-8-21(14-19)24(25,26)27/h4,6,8-12,14H,13,15H2,1-3H3,(H,28,31). The molecule has 0 saturated carbocycles. The Morgan fingerprint density at radius 2 is 1.81 bits per heavy atom. The van der Waals surface area contributed by atoms with Crippen LogP contribution in [-0.4, -0.2) is 22.2 Å². The summed E-state index contributed by atoms with van der Waals surface area (Å²) in [5, 5.41) is 7.16. The normalized spacial score (nSPS) is 11.0. The van der Waals surface area contributed by atoms with E-state index in [9.17, 15) is 18.0 Å². The zero-order valence-electron chi connectivity index (χ0n) is 17.5. The molecule has 0 spiro atoms. The van der Waals surface area contributed by atoms with Crippen molar-refractivity contribution >= 4 is 5.91 Å². The van der Waals surface area contributed by atoms with Gasteiger partial charge in [-0.15, -0.1) is 0 Å². The highest BCUT2D eigenvalue weighted by atomic mass is 19.4. The van der Waals surface area contributed by atoms with E-state index in [0.29, 0.717) is 17.8 Å². The lowest BCUT2D eigenvalue weighted by Crippen LogP contribution is -2.24. The molecule has 0 saturated heterocycles. The highest BCUT2D eigenvalue weighted by Crippen LogP contribution is 2.29. The van der Waals surface area contributed by atoms with E-state index in [2.05, 4.69) is 22.3 Å². The van der Waals surface area contributed by atoms with Crippen molar-refractivity contribution in [1.82, 2.24) is 15.1 Å².